The molecule has 0 spiro atoms. The summed E-state index contributed by atoms with van der Waals surface area (Å²) in [6, 6.07) is 10.5. The van der Waals surface area contributed by atoms with Gasteiger partial charge in [0, 0.05) is 31.0 Å². The van der Waals surface area contributed by atoms with Crippen molar-refractivity contribution in [3.05, 3.63) is 66.0 Å². The number of carbonyl (C=O) groups excluding carboxylic acids is 1. The van der Waals surface area contributed by atoms with Crippen molar-refractivity contribution in [3.8, 4) is 5.75 Å². The predicted molar refractivity (Wildman–Crippen MR) is 143 cm³/mol. The molecule has 0 radical (unpaired) electrons. The van der Waals surface area contributed by atoms with E-state index in [-0.39, 0.29) is 36.1 Å². The van der Waals surface area contributed by atoms with Gasteiger partial charge in [-0.25, -0.2) is 0 Å². The number of amides is 1. The van der Waals surface area contributed by atoms with E-state index in [0.29, 0.717) is 18.9 Å². The quantitative estimate of drug-likeness (QED) is 0.314. The van der Waals surface area contributed by atoms with Gasteiger partial charge < -0.3 is 16.2 Å². The van der Waals surface area contributed by atoms with Crippen molar-refractivity contribution in [3.63, 3.8) is 0 Å². The topological polar surface area (TPSA) is 100 Å². The number of hydrogen-bond donors (Lipinski definition) is 4. The number of nitrogens with zero attached hydrogens (tertiary/aromatic N) is 1. The highest BCUT2D eigenvalue weighted by molar-refractivity contribution is 5.85. The summed E-state index contributed by atoms with van der Waals surface area (Å²) in [7, 11) is 0. The van der Waals surface area contributed by atoms with Crippen molar-refractivity contribution in [2.45, 2.75) is 71.0 Å². The Balaban J connectivity index is 0.00000578. The molecule has 0 aliphatic heterocycles. The average molecular weight is 489 g/mol. The molecule has 5 N–H and O–H groups in total. The Labute approximate surface area is 210 Å². The third kappa shape index (κ3) is 11.6. The minimum absolute atomic E-state index is 0. The summed E-state index contributed by atoms with van der Waals surface area (Å²) in [5, 5.41) is 16.2. The number of aromatic hydroxyl groups is 1. The number of phenolic OH excluding ortho intramolecular Hbond substituents is 1. The van der Waals surface area contributed by atoms with Crippen LogP contribution in [0.2, 0.25) is 0 Å². The Morgan fingerprint density at radius 1 is 1.15 bits per heavy atom. The fraction of sp³-hybridized carbons (Fsp3) is 0.481. The molecule has 34 heavy (non-hydrogen) atoms. The van der Waals surface area contributed by atoms with Crippen LogP contribution in [0.25, 0.3) is 6.08 Å². The second kappa shape index (κ2) is 16.3. The normalized spacial score (nSPS) is 13.9. The lowest BCUT2D eigenvalue weighted by Crippen LogP contribution is -2.51. The Kier molecular flexibility index (Phi) is 14.2. The van der Waals surface area contributed by atoms with Crippen LogP contribution < -0.4 is 16.4 Å². The van der Waals surface area contributed by atoms with E-state index in [4.69, 9.17) is 5.73 Å². The SMILES string of the molecule is CCCC[C@H](N)CNC(=O)[C@H](Cc1ccc(O)cc1)N[C@H](/C=C/c1ccncc1)CC(C)C.Cl. The Hall–Kier alpha value is -2.41. The van der Waals surface area contributed by atoms with Crippen molar-refractivity contribution in [1.82, 2.24) is 15.6 Å². The highest BCUT2D eigenvalue weighted by Gasteiger charge is 2.22. The second-order valence-electron chi connectivity index (χ2n) is 9.11. The fourth-order valence-electron chi connectivity index (χ4n) is 3.69. The molecule has 1 aromatic carbocycles. The lowest BCUT2D eigenvalue weighted by atomic mass is 9.99. The monoisotopic (exact) mass is 488 g/mol. The predicted octanol–water partition coefficient (Wildman–Crippen LogP) is 4.47. The minimum atomic E-state index is -0.418. The maximum absolute atomic E-state index is 13.2. The van der Waals surface area contributed by atoms with Gasteiger partial charge in [0.15, 0.2) is 0 Å². The van der Waals surface area contributed by atoms with Crippen molar-refractivity contribution in [2.75, 3.05) is 6.54 Å². The standard InChI is InChI=1S/C27H40N4O2.ClH/c1-4-5-6-23(28)19-30-27(33)26(18-22-8-11-25(32)12-9-22)31-24(17-20(2)3)10-7-21-13-15-29-16-14-21;/h7-16,20,23-24,26,31-32H,4-6,17-19,28H2,1-3H3,(H,30,33);1H/b10-7+;/t23-,24+,26-;/m0./s1. The van der Waals surface area contributed by atoms with E-state index in [9.17, 15) is 9.90 Å². The van der Waals surface area contributed by atoms with Crippen molar-refractivity contribution >= 4 is 24.4 Å². The molecular weight excluding hydrogens is 448 g/mol. The number of nitrogens with two attached hydrogens (primary N) is 1. The van der Waals surface area contributed by atoms with Crippen LogP contribution in [0, 0.1) is 5.92 Å². The van der Waals surface area contributed by atoms with Crippen LogP contribution in [0.1, 0.15) is 57.6 Å². The van der Waals surface area contributed by atoms with Gasteiger partial charge in [0.2, 0.25) is 5.91 Å². The maximum Gasteiger partial charge on any atom is 0.237 e. The van der Waals surface area contributed by atoms with E-state index in [0.717, 1.165) is 36.8 Å². The van der Waals surface area contributed by atoms with Crippen LogP contribution >= 0.6 is 12.4 Å². The highest BCUT2D eigenvalue weighted by Crippen LogP contribution is 2.14. The number of carbonyl (C=O) groups is 1. The molecule has 0 bridgehead atoms. The first-order valence-corrected chi connectivity index (χ1v) is 12.0. The van der Waals surface area contributed by atoms with Gasteiger partial charge in [-0.05, 0) is 60.6 Å². The van der Waals surface area contributed by atoms with Crippen LogP contribution in [0.5, 0.6) is 5.75 Å². The van der Waals surface area contributed by atoms with E-state index < -0.39 is 6.04 Å². The van der Waals surface area contributed by atoms with Gasteiger partial charge in [-0.2, -0.15) is 0 Å². The molecule has 2 rings (SSSR count). The Morgan fingerprint density at radius 2 is 1.82 bits per heavy atom. The summed E-state index contributed by atoms with van der Waals surface area (Å²) in [5.41, 5.74) is 8.23. The number of pyridine rings is 1. The zero-order valence-electron chi connectivity index (χ0n) is 20.6. The Bertz CT molecular complexity index is 843. The number of nitrogens with one attached hydrogen (secondary N) is 2. The molecule has 0 unspecified atom stereocenters. The summed E-state index contributed by atoms with van der Waals surface area (Å²) in [4.78, 5) is 17.2. The van der Waals surface area contributed by atoms with E-state index >= 15 is 0 Å². The third-order valence-corrected chi connectivity index (χ3v) is 5.53. The van der Waals surface area contributed by atoms with Crippen LogP contribution in [0.15, 0.2) is 54.9 Å². The molecule has 0 saturated heterocycles. The molecule has 188 valence electrons. The first kappa shape index (κ1) is 29.6. The summed E-state index contributed by atoms with van der Waals surface area (Å²) in [6.45, 7) is 6.96. The fourth-order valence-corrected chi connectivity index (χ4v) is 3.69. The summed E-state index contributed by atoms with van der Waals surface area (Å²) >= 11 is 0. The van der Waals surface area contributed by atoms with Crippen LogP contribution in [0.3, 0.4) is 0 Å². The molecule has 1 heterocycles. The smallest absolute Gasteiger partial charge is 0.237 e. The van der Waals surface area contributed by atoms with Gasteiger partial charge in [0.25, 0.3) is 0 Å². The van der Waals surface area contributed by atoms with E-state index in [1.807, 2.05) is 24.3 Å². The molecule has 6 nitrogen and oxygen atoms in total. The molecule has 0 aliphatic carbocycles. The van der Waals surface area contributed by atoms with E-state index in [1.54, 1.807) is 24.5 Å². The molecule has 0 fully saturated rings. The molecular formula is C27H41ClN4O2. The average Bonchev–Trinajstić information content (AvgIpc) is 2.80. The van der Waals surface area contributed by atoms with Gasteiger partial charge in [0.05, 0.1) is 6.04 Å². The summed E-state index contributed by atoms with van der Waals surface area (Å²) < 4.78 is 0. The molecule has 3 atom stereocenters. The maximum atomic E-state index is 13.2. The number of hydrogen-bond acceptors (Lipinski definition) is 5. The van der Waals surface area contributed by atoms with Crippen LogP contribution in [0.4, 0.5) is 0 Å². The van der Waals surface area contributed by atoms with Crippen LogP contribution in [-0.4, -0.2) is 40.7 Å². The van der Waals surface area contributed by atoms with E-state index in [1.165, 1.54) is 0 Å². The lowest BCUT2D eigenvalue weighted by Gasteiger charge is -2.25. The lowest BCUT2D eigenvalue weighted by molar-refractivity contribution is -0.123. The molecule has 2 aromatic rings. The van der Waals surface area contributed by atoms with Crippen molar-refractivity contribution in [1.29, 1.82) is 0 Å². The minimum Gasteiger partial charge on any atom is -0.508 e. The van der Waals surface area contributed by atoms with Gasteiger partial charge in [-0.1, -0.05) is 57.9 Å². The number of benzene rings is 1. The highest BCUT2D eigenvalue weighted by atomic mass is 35.5. The second-order valence-corrected chi connectivity index (χ2v) is 9.11. The number of unbranched alkanes of at least 4 members (excludes halogenated alkanes) is 1. The van der Waals surface area contributed by atoms with Gasteiger partial charge in [-0.15, -0.1) is 12.4 Å². The number of phenols is 1. The molecule has 7 heteroatoms. The van der Waals surface area contributed by atoms with Gasteiger partial charge in [0.1, 0.15) is 5.75 Å². The van der Waals surface area contributed by atoms with E-state index in [2.05, 4.69) is 48.5 Å². The van der Waals surface area contributed by atoms with Crippen molar-refractivity contribution in [2.24, 2.45) is 11.7 Å². The molecule has 1 aromatic heterocycles. The zero-order valence-corrected chi connectivity index (χ0v) is 21.4. The molecule has 0 aliphatic rings. The number of rotatable bonds is 14. The van der Waals surface area contributed by atoms with Gasteiger partial charge >= 0.3 is 0 Å². The van der Waals surface area contributed by atoms with Gasteiger partial charge in [-0.3, -0.25) is 15.1 Å². The number of halogens is 1. The van der Waals surface area contributed by atoms with Crippen molar-refractivity contribution < 1.29 is 9.90 Å². The molecule has 1 amide bonds. The number of aromatic nitrogens is 1. The zero-order chi connectivity index (χ0) is 24.1. The first-order valence-electron chi connectivity index (χ1n) is 12.0. The summed E-state index contributed by atoms with van der Waals surface area (Å²) in [6.07, 6.45) is 12.2. The molecule has 0 saturated carbocycles. The summed E-state index contributed by atoms with van der Waals surface area (Å²) in [5.74, 6) is 0.623. The third-order valence-electron chi connectivity index (χ3n) is 5.53. The first-order chi connectivity index (χ1) is 15.9. The largest absolute Gasteiger partial charge is 0.508 e. The van der Waals surface area contributed by atoms with Crippen LogP contribution in [-0.2, 0) is 11.2 Å². The Morgan fingerprint density at radius 3 is 2.44 bits per heavy atom.